The molecule has 0 aliphatic carbocycles. The van der Waals surface area contributed by atoms with E-state index in [1.54, 1.807) is 0 Å². The van der Waals surface area contributed by atoms with Gasteiger partial charge in [0.2, 0.25) is 0 Å². The third kappa shape index (κ3) is 6.30. The van der Waals surface area contributed by atoms with Crippen LogP contribution >= 0.6 is 0 Å². The highest BCUT2D eigenvalue weighted by Crippen LogP contribution is 2.42. The molecule has 0 spiro atoms. The molecule has 2 aliphatic heterocycles. The Bertz CT molecular complexity index is 1300. The molecular weight excluding hydrogens is 488 g/mol. The molecule has 6 rings (SSSR count). The molecule has 5 atom stereocenters. The summed E-state index contributed by atoms with van der Waals surface area (Å²) in [5.74, 6) is 0. The molecule has 0 radical (unpaired) electrons. The van der Waals surface area contributed by atoms with Crippen LogP contribution in [0.5, 0.6) is 0 Å². The van der Waals surface area contributed by atoms with Gasteiger partial charge in [-0.2, -0.15) is 0 Å². The van der Waals surface area contributed by atoms with Crippen LogP contribution < -0.4 is 0 Å². The molecular formula is C34H34O5. The number of rotatable bonds is 10. The van der Waals surface area contributed by atoms with Gasteiger partial charge in [0.05, 0.1) is 33.0 Å². The molecule has 0 saturated carbocycles. The number of fused-ring (bicyclic) bond motifs is 3. The molecule has 0 aromatic heterocycles. The SMILES string of the molecule is c1ccc(COCC2O[C@H]3c4ccccc4COC3C(OCc3ccccc3)[C@H]2OCc2ccccc2)cc1. The molecule has 1 fully saturated rings. The summed E-state index contributed by atoms with van der Waals surface area (Å²) < 4.78 is 32.7. The molecule has 3 unspecified atom stereocenters. The lowest BCUT2D eigenvalue weighted by molar-refractivity contribution is -0.279. The monoisotopic (exact) mass is 522 g/mol. The van der Waals surface area contributed by atoms with Crippen LogP contribution in [-0.4, -0.2) is 31.0 Å². The molecule has 5 heteroatoms. The Labute approximate surface area is 230 Å². The summed E-state index contributed by atoms with van der Waals surface area (Å²) >= 11 is 0. The van der Waals surface area contributed by atoms with Gasteiger partial charge in [-0.15, -0.1) is 0 Å². The van der Waals surface area contributed by atoms with Crippen LogP contribution in [0.3, 0.4) is 0 Å². The number of hydrogen-bond donors (Lipinski definition) is 0. The van der Waals surface area contributed by atoms with Gasteiger partial charge < -0.3 is 23.7 Å². The predicted octanol–water partition coefficient (Wildman–Crippen LogP) is 6.41. The van der Waals surface area contributed by atoms with Gasteiger partial charge in [-0.25, -0.2) is 0 Å². The molecule has 2 aliphatic rings. The number of hydrogen-bond acceptors (Lipinski definition) is 5. The molecule has 200 valence electrons. The molecule has 39 heavy (non-hydrogen) atoms. The van der Waals surface area contributed by atoms with E-state index in [0.717, 1.165) is 27.8 Å². The highest BCUT2D eigenvalue weighted by atomic mass is 16.6. The van der Waals surface area contributed by atoms with Gasteiger partial charge in [-0.05, 0) is 27.8 Å². The van der Waals surface area contributed by atoms with E-state index < -0.39 is 0 Å². The summed E-state index contributed by atoms with van der Waals surface area (Å²) in [5.41, 5.74) is 5.62. The zero-order valence-electron chi connectivity index (χ0n) is 21.9. The second-order valence-electron chi connectivity index (χ2n) is 10.1. The molecule has 0 amide bonds. The van der Waals surface area contributed by atoms with E-state index in [1.165, 1.54) is 0 Å². The minimum atomic E-state index is -0.379. The van der Waals surface area contributed by atoms with Gasteiger partial charge in [-0.1, -0.05) is 115 Å². The van der Waals surface area contributed by atoms with E-state index in [1.807, 2.05) is 60.7 Å². The van der Waals surface area contributed by atoms with Gasteiger partial charge in [0.1, 0.15) is 30.5 Å². The van der Waals surface area contributed by atoms with Gasteiger partial charge in [0, 0.05) is 0 Å². The Hall–Kier alpha value is -3.32. The van der Waals surface area contributed by atoms with E-state index in [9.17, 15) is 0 Å². The molecule has 4 aromatic rings. The Morgan fingerprint density at radius 2 is 1.13 bits per heavy atom. The first-order valence-corrected chi connectivity index (χ1v) is 13.6. The quantitative estimate of drug-likeness (QED) is 0.241. The third-order valence-electron chi connectivity index (χ3n) is 7.39. The van der Waals surface area contributed by atoms with Crippen molar-refractivity contribution < 1.29 is 23.7 Å². The van der Waals surface area contributed by atoms with Gasteiger partial charge in [0.15, 0.2) is 0 Å². The smallest absolute Gasteiger partial charge is 0.117 e. The molecule has 4 aromatic carbocycles. The van der Waals surface area contributed by atoms with Crippen LogP contribution in [-0.2, 0) is 50.1 Å². The van der Waals surface area contributed by atoms with Crippen molar-refractivity contribution in [2.24, 2.45) is 0 Å². The fourth-order valence-electron chi connectivity index (χ4n) is 5.40. The highest BCUT2D eigenvalue weighted by molar-refractivity contribution is 5.32. The minimum Gasteiger partial charge on any atom is -0.374 e. The van der Waals surface area contributed by atoms with Crippen LogP contribution in [0, 0.1) is 0 Å². The van der Waals surface area contributed by atoms with E-state index >= 15 is 0 Å². The molecule has 1 saturated heterocycles. The van der Waals surface area contributed by atoms with Crippen molar-refractivity contribution in [3.63, 3.8) is 0 Å². The molecule has 0 bridgehead atoms. The van der Waals surface area contributed by atoms with Crippen molar-refractivity contribution in [3.05, 3.63) is 143 Å². The lowest BCUT2D eigenvalue weighted by Crippen LogP contribution is -2.59. The first-order chi connectivity index (χ1) is 19.3. The Balaban J connectivity index is 1.28. The van der Waals surface area contributed by atoms with Crippen molar-refractivity contribution in [2.45, 2.75) is 56.9 Å². The fourth-order valence-corrected chi connectivity index (χ4v) is 5.40. The fraction of sp³-hybridized carbons (Fsp3) is 0.294. The Kier molecular flexibility index (Phi) is 8.44. The Morgan fingerprint density at radius 3 is 1.77 bits per heavy atom. The molecule has 0 N–H and O–H groups in total. The average Bonchev–Trinajstić information content (AvgIpc) is 3.00. The summed E-state index contributed by atoms with van der Waals surface area (Å²) in [6.45, 7) is 2.31. The average molecular weight is 523 g/mol. The first kappa shape index (κ1) is 25.9. The lowest BCUT2D eigenvalue weighted by Gasteiger charge is -2.48. The number of ether oxygens (including phenoxy) is 5. The predicted molar refractivity (Wildman–Crippen MR) is 149 cm³/mol. The highest BCUT2D eigenvalue weighted by Gasteiger charge is 2.50. The van der Waals surface area contributed by atoms with E-state index in [4.69, 9.17) is 23.7 Å². The molecule has 5 nitrogen and oxygen atoms in total. The normalized spacial score (nSPS) is 24.1. The Morgan fingerprint density at radius 1 is 0.590 bits per heavy atom. The lowest BCUT2D eigenvalue weighted by atomic mass is 9.87. The maximum atomic E-state index is 6.78. The zero-order chi connectivity index (χ0) is 26.3. The van der Waals surface area contributed by atoms with E-state index in [-0.39, 0.29) is 30.5 Å². The third-order valence-corrected chi connectivity index (χ3v) is 7.39. The van der Waals surface area contributed by atoms with Crippen LogP contribution in [0.1, 0.15) is 33.9 Å². The minimum absolute atomic E-state index is 0.266. The van der Waals surface area contributed by atoms with Crippen molar-refractivity contribution in [3.8, 4) is 0 Å². The zero-order valence-corrected chi connectivity index (χ0v) is 21.9. The van der Waals surface area contributed by atoms with Crippen LogP contribution in [0.15, 0.2) is 115 Å². The summed E-state index contributed by atoms with van der Waals surface area (Å²) in [4.78, 5) is 0. The van der Waals surface area contributed by atoms with Crippen LogP contribution in [0.25, 0.3) is 0 Å². The topological polar surface area (TPSA) is 46.2 Å². The van der Waals surface area contributed by atoms with E-state index in [0.29, 0.717) is 33.0 Å². The second kappa shape index (κ2) is 12.7. The van der Waals surface area contributed by atoms with Gasteiger partial charge in [0.25, 0.3) is 0 Å². The largest absolute Gasteiger partial charge is 0.374 e. The van der Waals surface area contributed by atoms with Crippen molar-refractivity contribution >= 4 is 0 Å². The summed E-state index contributed by atoms with van der Waals surface area (Å²) in [7, 11) is 0. The van der Waals surface area contributed by atoms with Gasteiger partial charge in [-0.3, -0.25) is 0 Å². The molecule has 2 heterocycles. The second-order valence-corrected chi connectivity index (χ2v) is 10.1. The summed E-state index contributed by atoms with van der Waals surface area (Å²) in [5, 5.41) is 0. The van der Waals surface area contributed by atoms with Crippen LogP contribution in [0.4, 0.5) is 0 Å². The van der Waals surface area contributed by atoms with Crippen molar-refractivity contribution in [1.82, 2.24) is 0 Å². The van der Waals surface area contributed by atoms with Crippen molar-refractivity contribution in [2.75, 3.05) is 6.61 Å². The van der Waals surface area contributed by atoms with E-state index in [2.05, 4.69) is 54.6 Å². The maximum Gasteiger partial charge on any atom is 0.117 e. The maximum absolute atomic E-state index is 6.78. The first-order valence-electron chi connectivity index (χ1n) is 13.6. The summed E-state index contributed by atoms with van der Waals surface area (Å²) in [6.07, 6.45) is -1.62. The number of benzene rings is 4. The van der Waals surface area contributed by atoms with Gasteiger partial charge >= 0.3 is 0 Å². The van der Waals surface area contributed by atoms with Crippen molar-refractivity contribution in [1.29, 1.82) is 0 Å². The summed E-state index contributed by atoms with van der Waals surface area (Å²) in [6, 6.07) is 39.0. The standard InChI is InChI=1S/C34H34O5/c1-4-12-25(13-5-1)20-35-24-30-32(36-21-26-14-6-2-7-15-26)34(37-22-27-16-8-3-9-17-27)33-31(39-30)29-19-11-10-18-28(29)23-38-33/h1-19,30-34H,20-24H2/t30?,31-,32-,33?,34?/m0/s1. The van der Waals surface area contributed by atoms with Crippen LogP contribution in [0.2, 0.25) is 0 Å².